The Morgan fingerprint density at radius 3 is 2.70 bits per heavy atom. The third-order valence-corrected chi connectivity index (χ3v) is 7.45. The highest BCUT2D eigenvalue weighted by Gasteiger charge is 2.35. The molecule has 0 bridgehead atoms. The van der Waals surface area contributed by atoms with Crippen LogP contribution in [0.5, 0.6) is 0 Å². The van der Waals surface area contributed by atoms with Gasteiger partial charge >= 0.3 is 0 Å². The van der Waals surface area contributed by atoms with Crippen LogP contribution in [0.25, 0.3) is 0 Å². The molecule has 2 aliphatic rings. The number of rotatable bonds is 5. The van der Waals surface area contributed by atoms with Crippen molar-refractivity contribution in [2.24, 2.45) is 0 Å². The fraction of sp³-hybridized carbons (Fsp3) is 0.444. The van der Waals surface area contributed by atoms with Crippen LogP contribution in [0.2, 0.25) is 0 Å². The summed E-state index contributed by atoms with van der Waals surface area (Å²) < 4.78 is 7.85. The van der Waals surface area contributed by atoms with Gasteiger partial charge in [0.15, 0.2) is 0 Å². The van der Waals surface area contributed by atoms with Crippen molar-refractivity contribution in [1.82, 2.24) is 20.1 Å². The Hall–Kier alpha value is -2.99. The summed E-state index contributed by atoms with van der Waals surface area (Å²) in [7, 11) is 0. The van der Waals surface area contributed by atoms with E-state index < -0.39 is 0 Å². The largest absolute Gasteiger partial charge is 0.381 e. The molecule has 1 N–H and O–H groups in total. The summed E-state index contributed by atoms with van der Waals surface area (Å²) in [6, 6.07) is 16.8. The van der Waals surface area contributed by atoms with Crippen LogP contribution in [0.15, 0.2) is 48.5 Å². The zero-order chi connectivity index (χ0) is 22.8. The number of nitrogens with one attached hydrogen (secondary N) is 1. The zero-order valence-corrected chi connectivity index (χ0v) is 19.5. The standard InChI is InChI=1S/C27H32N4O2/c1-19-6-9-24(10-7-19)27(12-14-33-15-13-27)18-28-26(32)22-5-3-4-21(16-22)23-8-11-25-30-29-20(2)31(25)17-23/h3-7,9-10,16,23H,8,11-15,17-18H2,1-2H3,(H,28,32)/t23-/m1/s1. The van der Waals surface area contributed by atoms with Gasteiger partial charge in [0, 0.05) is 49.6 Å². The van der Waals surface area contributed by atoms with Gasteiger partial charge in [0.25, 0.3) is 5.91 Å². The first-order valence-electron chi connectivity index (χ1n) is 12.0. The van der Waals surface area contributed by atoms with Gasteiger partial charge in [-0.25, -0.2) is 0 Å². The summed E-state index contributed by atoms with van der Waals surface area (Å²) in [5.41, 5.74) is 4.39. The molecule has 0 unspecified atom stereocenters. The third-order valence-electron chi connectivity index (χ3n) is 7.45. The summed E-state index contributed by atoms with van der Waals surface area (Å²) in [6.07, 6.45) is 3.78. The summed E-state index contributed by atoms with van der Waals surface area (Å²) in [6.45, 7) is 7.05. The van der Waals surface area contributed by atoms with Crippen molar-refractivity contribution in [3.63, 3.8) is 0 Å². The normalized spacial score (nSPS) is 19.6. The molecule has 3 heterocycles. The quantitative estimate of drug-likeness (QED) is 0.643. The number of carbonyl (C=O) groups excluding carboxylic acids is 1. The van der Waals surface area contributed by atoms with E-state index >= 15 is 0 Å². The van der Waals surface area contributed by atoms with Gasteiger partial charge in [-0.15, -0.1) is 10.2 Å². The molecule has 2 aliphatic heterocycles. The minimum Gasteiger partial charge on any atom is -0.381 e. The number of hydrogen-bond acceptors (Lipinski definition) is 4. The zero-order valence-electron chi connectivity index (χ0n) is 19.5. The van der Waals surface area contributed by atoms with E-state index in [2.05, 4.69) is 63.4 Å². The van der Waals surface area contributed by atoms with Crippen LogP contribution in [0.4, 0.5) is 0 Å². The smallest absolute Gasteiger partial charge is 0.251 e. The monoisotopic (exact) mass is 444 g/mol. The molecule has 0 aliphatic carbocycles. The first kappa shape index (κ1) is 21.8. The predicted octanol–water partition coefficient (Wildman–Crippen LogP) is 4.10. The number of hydrogen-bond donors (Lipinski definition) is 1. The van der Waals surface area contributed by atoms with E-state index in [9.17, 15) is 4.79 Å². The van der Waals surface area contributed by atoms with E-state index in [1.165, 1.54) is 16.7 Å². The molecular weight excluding hydrogens is 412 g/mol. The van der Waals surface area contributed by atoms with Gasteiger partial charge in [-0.05, 0) is 56.4 Å². The average molecular weight is 445 g/mol. The van der Waals surface area contributed by atoms with Crippen molar-refractivity contribution in [3.8, 4) is 0 Å². The van der Waals surface area contributed by atoms with Crippen molar-refractivity contribution in [3.05, 3.63) is 82.4 Å². The van der Waals surface area contributed by atoms with E-state index in [0.717, 1.165) is 62.7 Å². The Morgan fingerprint density at radius 1 is 1.12 bits per heavy atom. The molecule has 3 aromatic rings. The molecule has 6 nitrogen and oxygen atoms in total. The Morgan fingerprint density at radius 2 is 1.91 bits per heavy atom. The van der Waals surface area contributed by atoms with Crippen molar-refractivity contribution in [1.29, 1.82) is 0 Å². The first-order valence-corrected chi connectivity index (χ1v) is 12.0. The molecule has 1 amide bonds. The van der Waals surface area contributed by atoms with Crippen LogP contribution >= 0.6 is 0 Å². The van der Waals surface area contributed by atoms with Crippen LogP contribution in [-0.4, -0.2) is 40.4 Å². The van der Waals surface area contributed by atoms with E-state index in [4.69, 9.17) is 4.74 Å². The molecule has 1 aromatic heterocycles. The fourth-order valence-corrected chi connectivity index (χ4v) is 5.26. The lowest BCUT2D eigenvalue weighted by Gasteiger charge is -2.38. The van der Waals surface area contributed by atoms with Crippen LogP contribution in [0, 0.1) is 13.8 Å². The van der Waals surface area contributed by atoms with Gasteiger partial charge in [-0.2, -0.15) is 0 Å². The molecule has 33 heavy (non-hydrogen) atoms. The summed E-state index contributed by atoms with van der Waals surface area (Å²) >= 11 is 0. The van der Waals surface area contributed by atoms with Gasteiger partial charge in [-0.1, -0.05) is 42.0 Å². The van der Waals surface area contributed by atoms with Crippen LogP contribution in [0.1, 0.15) is 63.9 Å². The van der Waals surface area contributed by atoms with E-state index in [-0.39, 0.29) is 11.3 Å². The van der Waals surface area contributed by atoms with Crippen molar-refractivity contribution >= 4 is 5.91 Å². The maximum atomic E-state index is 13.2. The molecule has 1 saturated heterocycles. The minimum atomic E-state index is -0.0784. The summed E-state index contributed by atoms with van der Waals surface area (Å²) in [5.74, 6) is 2.39. The summed E-state index contributed by atoms with van der Waals surface area (Å²) in [5, 5.41) is 11.7. The van der Waals surface area contributed by atoms with Gasteiger partial charge in [0.2, 0.25) is 0 Å². The minimum absolute atomic E-state index is 0.00759. The lowest BCUT2D eigenvalue weighted by molar-refractivity contribution is 0.0487. The molecule has 1 atom stereocenters. The topological polar surface area (TPSA) is 69.0 Å². The lowest BCUT2D eigenvalue weighted by atomic mass is 9.74. The highest BCUT2D eigenvalue weighted by molar-refractivity contribution is 5.94. The molecule has 0 spiro atoms. The van der Waals surface area contributed by atoms with Crippen LogP contribution in [-0.2, 0) is 23.1 Å². The second-order valence-electron chi connectivity index (χ2n) is 9.58. The van der Waals surface area contributed by atoms with E-state index in [0.29, 0.717) is 12.5 Å². The first-order chi connectivity index (χ1) is 16.0. The second-order valence-corrected chi connectivity index (χ2v) is 9.58. The fourth-order valence-electron chi connectivity index (χ4n) is 5.26. The van der Waals surface area contributed by atoms with Crippen molar-refractivity contribution in [2.75, 3.05) is 19.8 Å². The maximum absolute atomic E-state index is 13.2. The van der Waals surface area contributed by atoms with Crippen LogP contribution in [0.3, 0.4) is 0 Å². The number of nitrogens with zero attached hydrogens (tertiary/aromatic N) is 3. The van der Waals surface area contributed by atoms with Crippen molar-refractivity contribution < 1.29 is 9.53 Å². The van der Waals surface area contributed by atoms with E-state index in [1.54, 1.807) is 0 Å². The highest BCUT2D eigenvalue weighted by Crippen LogP contribution is 2.35. The lowest BCUT2D eigenvalue weighted by Crippen LogP contribution is -2.44. The summed E-state index contributed by atoms with van der Waals surface area (Å²) in [4.78, 5) is 13.2. The number of benzene rings is 2. The Kier molecular flexibility index (Phi) is 6.02. The maximum Gasteiger partial charge on any atom is 0.251 e. The Bertz CT molecular complexity index is 1130. The van der Waals surface area contributed by atoms with Gasteiger partial charge in [0.05, 0.1) is 0 Å². The number of fused-ring (bicyclic) bond motifs is 1. The molecule has 172 valence electrons. The molecule has 6 heteroatoms. The molecule has 1 fully saturated rings. The number of ether oxygens (including phenoxy) is 1. The predicted molar refractivity (Wildman–Crippen MR) is 128 cm³/mol. The van der Waals surface area contributed by atoms with Gasteiger partial charge in [0.1, 0.15) is 11.6 Å². The van der Waals surface area contributed by atoms with Crippen molar-refractivity contribution in [2.45, 2.75) is 57.4 Å². The Balaban J connectivity index is 1.31. The number of carbonyl (C=O) groups is 1. The average Bonchev–Trinajstić information content (AvgIpc) is 3.23. The second kappa shape index (κ2) is 9.10. The molecule has 2 aromatic carbocycles. The Labute approximate surface area is 195 Å². The third kappa shape index (κ3) is 4.44. The van der Waals surface area contributed by atoms with Crippen LogP contribution < -0.4 is 5.32 Å². The number of aromatic nitrogens is 3. The SMILES string of the molecule is Cc1ccc(C2(CNC(=O)c3cccc([C@@H]4CCc5nnc(C)n5C4)c3)CCOCC2)cc1. The van der Waals surface area contributed by atoms with Gasteiger partial charge < -0.3 is 14.6 Å². The molecule has 0 radical (unpaired) electrons. The molecular formula is C27H32N4O2. The van der Waals surface area contributed by atoms with Gasteiger partial charge in [-0.3, -0.25) is 4.79 Å². The highest BCUT2D eigenvalue weighted by atomic mass is 16.5. The molecule has 0 saturated carbocycles. The number of aryl methyl sites for hydroxylation is 3. The number of amides is 1. The molecule has 5 rings (SSSR count). The van der Waals surface area contributed by atoms with E-state index in [1.807, 2.05) is 19.1 Å².